The van der Waals surface area contributed by atoms with Crippen LogP contribution in [0.5, 0.6) is 0 Å². The van der Waals surface area contributed by atoms with Gasteiger partial charge in [0, 0.05) is 62.7 Å². The van der Waals surface area contributed by atoms with Crippen molar-refractivity contribution in [3.8, 4) is 0 Å². The predicted octanol–water partition coefficient (Wildman–Crippen LogP) is 4.66. The third-order valence-electron chi connectivity index (χ3n) is 7.45. The van der Waals surface area contributed by atoms with E-state index in [4.69, 9.17) is 10.7 Å². The average molecular weight is 506 g/mol. The molecule has 6 rings (SSSR count). The lowest BCUT2D eigenvalue weighted by Gasteiger charge is -2.39. The normalized spacial score (nSPS) is 17.2. The fourth-order valence-electron chi connectivity index (χ4n) is 5.43. The van der Waals surface area contributed by atoms with Crippen LogP contribution >= 0.6 is 0 Å². The second kappa shape index (κ2) is 10.1. The van der Waals surface area contributed by atoms with Crippen molar-refractivity contribution in [3.05, 3.63) is 107 Å². The molecule has 0 spiro atoms. The topological polar surface area (TPSA) is 92.3 Å². The number of nitrogens with one attached hydrogen (secondary N) is 1. The Kier molecular flexibility index (Phi) is 6.39. The highest BCUT2D eigenvalue weighted by Crippen LogP contribution is 2.39. The van der Waals surface area contributed by atoms with Gasteiger partial charge in [-0.25, -0.2) is 9.78 Å². The number of nitrogens with zero attached hydrogens (tertiary/aromatic N) is 5. The molecule has 3 N–H and O–H groups in total. The largest absolute Gasteiger partial charge is 0.399 e. The summed E-state index contributed by atoms with van der Waals surface area (Å²) < 4.78 is 2.18. The molecule has 0 saturated carbocycles. The Morgan fingerprint density at radius 3 is 2.53 bits per heavy atom. The first-order valence-corrected chi connectivity index (χ1v) is 12.9. The van der Waals surface area contributed by atoms with E-state index in [1.807, 2.05) is 48.6 Å². The molecule has 0 radical (unpaired) electrons. The van der Waals surface area contributed by atoms with E-state index >= 15 is 0 Å². The standard InChI is InChI=1S/C30H31N7O/c1-21-32-13-14-37(21)20-23-19-22-5-4-12-33-28(22)29(27-7-3-2-6-26(23)27)35-15-17-36(18-16-35)30(38)34-25-10-8-24(31)9-11-25/h2-14,19,29H,15-18,20,31H2,1H3,(H,34,38). The SMILES string of the molecule is Cc1nccn1CC1=Cc2cccnc2C(N2CCN(C(=O)Nc3ccc(N)cc3)CC2)c2ccccc21. The van der Waals surface area contributed by atoms with Crippen LogP contribution in [0.1, 0.15) is 34.3 Å². The van der Waals surface area contributed by atoms with Gasteiger partial charge < -0.3 is 20.5 Å². The molecule has 1 aliphatic heterocycles. The van der Waals surface area contributed by atoms with Gasteiger partial charge in [-0.1, -0.05) is 30.3 Å². The first kappa shape index (κ1) is 23.9. The van der Waals surface area contributed by atoms with Gasteiger partial charge in [-0.3, -0.25) is 9.88 Å². The molecule has 2 aromatic carbocycles. The summed E-state index contributed by atoms with van der Waals surface area (Å²) >= 11 is 0. The van der Waals surface area contributed by atoms with E-state index in [0.29, 0.717) is 18.8 Å². The number of anilines is 2. The van der Waals surface area contributed by atoms with Crippen molar-refractivity contribution in [2.24, 2.45) is 0 Å². The fraction of sp³-hybridized carbons (Fsp3) is 0.233. The van der Waals surface area contributed by atoms with Gasteiger partial charge in [0.15, 0.2) is 0 Å². The highest BCUT2D eigenvalue weighted by molar-refractivity contribution is 5.89. The minimum absolute atomic E-state index is 0.00217. The second-order valence-electron chi connectivity index (χ2n) is 9.81. The molecule has 1 atom stereocenters. The number of pyridine rings is 1. The Labute approximate surface area is 222 Å². The highest BCUT2D eigenvalue weighted by atomic mass is 16.2. The van der Waals surface area contributed by atoms with E-state index in [1.165, 1.54) is 16.7 Å². The number of piperazine rings is 1. The second-order valence-corrected chi connectivity index (χ2v) is 9.81. The number of aromatic nitrogens is 3. The van der Waals surface area contributed by atoms with E-state index in [0.717, 1.165) is 42.4 Å². The maximum Gasteiger partial charge on any atom is 0.321 e. The van der Waals surface area contributed by atoms with Crippen molar-refractivity contribution in [2.75, 3.05) is 37.2 Å². The number of hydrogen-bond donors (Lipinski definition) is 2. The number of nitrogen functional groups attached to an aromatic ring is 1. The van der Waals surface area contributed by atoms with Gasteiger partial charge in [0.1, 0.15) is 5.82 Å². The summed E-state index contributed by atoms with van der Waals surface area (Å²) in [6.07, 6.45) is 8.03. The third-order valence-corrected chi connectivity index (χ3v) is 7.45. The zero-order valence-electron chi connectivity index (χ0n) is 21.4. The van der Waals surface area contributed by atoms with Crippen LogP contribution in [0.3, 0.4) is 0 Å². The number of amides is 2. The predicted molar refractivity (Wildman–Crippen MR) is 150 cm³/mol. The molecule has 0 bridgehead atoms. The lowest BCUT2D eigenvalue weighted by atomic mass is 9.93. The Morgan fingerprint density at radius 1 is 0.974 bits per heavy atom. The van der Waals surface area contributed by atoms with Crippen molar-refractivity contribution < 1.29 is 4.79 Å². The van der Waals surface area contributed by atoms with E-state index in [1.54, 1.807) is 12.1 Å². The number of carbonyl (C=O) groups excluding carboxylic acids is 1. The van der Waals surface area contributed by atoms with E-state index < -0.39 is 0 Å². The van der Waals surface area contributed by atoms with Gasteiger partial charge in [0.05, 0.1) is 11.7 Å². The molecule has 38 heavy (non-hydrogen) atoms. The Bertz CT molecular complexity index is 1480. The van der Waals surface area contributed by atoms with Crippen LogP contribution in [0.2, 0.25) is 0 Å². The number of aryl methyl sites for hydroxylation is 1. The molecular formula is C30H31N7O. The molecule has 1 fully saturated rings. The number of imidazole rings is 1. The van der Waals surface area contributed by atoms with Gasteiger partial charge in [0.25, 0.3) is 0 Å². The first-order valence-electron chi connectivity index (χ1n) is 12.9. The van der Waals surface area contributed by atoms with Crippen molar-refractivity contribution in [1.29, 1.82) is 0 Å². The van der Waals surface area contributed by atoms with Gasteiger partial charge in [-0.2, -0.15) is 0 Å². The fourth-order valence-corrected chi connectivity index (χ4v) is 5.43. The number of carbonyl (C=O) groups is 1. The minimum atomic E-state index is -0.0890. The molecule has 1 saturated heterocycles. The lowest BCUT2D eigenvalue weighted by Crippen LogP contribution is -2.51. The number of urea groups is 1. The molecule has 2 aliphatic rings. The maximum absolute atomic E-state index is 12.9. The summed E-state index contributed by atoms with van der Waals surface area (Å²) in [5.41, 5.74) is 13.1. The summed E-state index contributed by atoms with van der Waals surface area (Å²) in [6.45, 7) is 5.54. The Balaban J connectivity index is 1.27. The van der Waals surface area contributed by atoms with Crippen molar-refractivity contribution in [2.45, 2.75) is 19.5 Å². The summed E-state index contributed by atoms with van der Waals surface area (Å²) in [6, 6.07) is 19.9. The van der Waals surface area contributed by atoms with E-state index in [2.05, 4.69) is 56.2 Å². The van der Waals surface area contributed by atoms with Crippen molar-refractivity contribution in [3.63, 3.8) is 0 Å². The lowest BCUT2D eigenvalue weighted by molar-refractivity contribution is 0.125. The van der Waals surface area contributed by atoms with Crippen LogP contribution in [0.25, 0.3) is 11.6 Å². The summed E-state index contributed by atoms with van der Waals surface area (Å²) in [5, 5.41) is 2.99. The Hall–Kier alpha value is -4.43. The summed E-state index contributed by atoms with van der Waals surface area (Å²) in [5.74, 6) is 0.990. The van der Waals surface area contributed by atoms with E-state index in [9.17, 15) is 4.79 Å². The zero-order chi connectivity index (χ0) is 26.1. The summed E-state index contributed by atoms with van der Waals surface area (Å²) in [7, 11) is 0. The molecule has 2 amide bonds. The van der Waals surface area contributed by atoms with Crippen LogP contribution in [0.4, 0.5) is 16.2 Å². The van der Waals surface area contributed by atoms with Gasteiger partial charge in [-0.15, -0.1) is 0 Å². The smallest absolute Gasteiger partial charge is 0.321 e. The molecule has 1 aliphatic carbocycles. The molecular weight excluding hydrogens is 474 g/mol. The van der Waals surface area contributed by atoms with Crippen LogP contribution in [-0.4, -0.2) is 56.5 Å². The van der Waals surface area contributed by atoms with Crippen LogP contribution in [-0.2, 0) is 6.54 Å². The summed E-state index contributed by atoms with van der Waals surface area (Å²) in [4.78, 5) is 26.6. The van der Waals surface area contributed by atoms with Gasteiger partial charge in [0.2, 0.25) is 0 Å². The molecule has 192 valence electrons. The zero-order valence-corrected chi connectivity index (χ0v) is 21.4. The maximum atomic E-state index is 12.9. The number of rotatable bonds is 4. The van der Waals surface area contributed by atoms with Crippen molar-refractivity contribution >= 4 is 29.1 Å². The number of hydrogen-bond acceptors (Lipinski definition) is 5. The van der Waals surface area contributed by atoms with Gasteiger partial charge in [-0.05, 0) is 65.6 Å². The van der Waals surface area contributed by atoms with Gasteiger partial charge >= 0.3 is 6.03 Å². The number of nitrogens with two attached hydrogens (primary N) is 1. The number of fused-ring (bicyclic) bond motifs is 2. The highest BCUT2D eigenvalue weighted by Gasteiger charge is 2.33. The average Bonchev–Trinajstić information content (AvgIpc) is 3.29. The first-order chi connectivity index (χ1) is 18.6. The molecule has 4 aromatic rings. The number of benzene rings is 2. The van der Waals surface area contributed by atoms with E-state index in [-0.39, 0.29) is 12.1 Å². The molecule has 1 unspecified atom stereocenters. The van der Waals surface area contributed by atoms with Crippen LogP contribution in [0.15, 0.2) is 79.3 Å². The molecule has 2 aromatic heterocycles. The van der Waals surface area contributed by atoms with Crippen LogP contribution in [0, 0.1) is 6.92 Å². The monoisotopic (exact) mass is 505 g/mol. The molecule has 8 nitrogen and oxygen atoms in total. The number of allylic oxidation sites excluding steroid dienone is 1. The third kappa shape index (κ3) is 4.66. The van der Waals surface area contributed by atoms with Crippen LogP contribution < -0.4 is 11.1 Å². The quantitative estimate of drug-likeness (QED) is 0.394. The molecule has 8 heteroatoms. The Morgan fingerprint density at radius 2 is 1.76 bits per heavy atom. The van der Waals surface area contributed by atoms with Crippen molar-refractivity contribution in [1.82, 2.24) is 24.3 Å². The minimum Gasteiger partial charge on any atom is -0.399 e. The molecule has 3 heterocycles.